The van der Waals surface area contributed by atoms with Crippen molar-refractivity contribution < 1.29 is 18.7 Å². The lowest BCUT2D eigenvalue weighted by molar-refractivity contribution is -0.115. The molecule has 2 aromatic carbocycles. The van der Waals surface area contributed by atoms with Crippen LogP contribution in [0.25, 0.3) is 22.9 Å². The minimum Gasteiger partial charge on any atom is -0.372 e. The molecule has 0 spiro atoms. The molecule has 4 N–H and O–H groups in total. The van der Waals surface area contributed by atoms with Gasteiger partial charge in [-0.2, -0.15) is 0 Å². The summed E-state index contributed by atoms with van der Waals surface area (Å²) in [6.07, 6.45) is 2.03. The highest BCUT2D eigenvalue weighted by atomic mass is 19.1. The zero-order chi connectivity index (χ0) is 26.2. The number of H-pyrrole nitrogens is 1. The Labute approximate surface area is 215 Å². The summed E-state index contributed by atoms with van der Waals surface area (Å²) in [4.78, 5) is 26.7. The Hall–Kier alpha value is -3.59. The number of aldehydes is 1. The zero-order valence-electron chi connectivity index (χ0n) is 21.2. The number of alkyl halides is 1. The van der Waals surface area contributed by atoms with E-state index in [9.17, 15) is 14.0 Å². The van der Waals surface area contributed by atoms with Gasteiger partial charge in [0.05, 0.1) is 19.8 Å². The number of aromatic nitrogens is 1. The number of likely N-dealkylation sites (N-methyl/N-ethyl adjacent to an activating group) is 2. The van der Waals surface area contributed by atoms with Crippen molar-refractivity contribution in [2.75, 3.05) is 32.5 Å². The molecule has 1 atom stereocenters. The van der Waals surface area contributed by atoms with E-state index < -0.39 is 6.17 Å². The van der Waals surface area contributed by atoms with Crippen LogP contribution in [-0.2, 0) is 34.0 Å². The second-order valence-electron chi connectivity index (χ2n) is 9.12. The first-order valence-corrected chi connectivity index (χ1v) is 12.4. The number of amides is 1. The molecule has 194 valence electrons. The van der Waals surface area contributed by atoms with E-state index in [0.717, 1.165) is 58.1 Å². The zero-order valence-corrected chi connectivity index (χ0v) is 21.2. The van der Waals surface area contributed by atoms with Crippen molar-refractivity contribution in [1.29, 1.82) is 0 Å². The number of fused-ring (bicyclic) bond motifs is 1. The van der Waals surface area contributed by atoms with Gasteiger partial charge in [-0.05, 0) is 67.5 Å². The van der Waals surface area contributed by atoms with Gasteiger partial charge in [0, 0.05) is 33.9 Å². The van der Waals surface area contributed by atoms with Crippen molar-refractivity contribution in [2.24, 2.45) is 0 Å². The van der Waals surface area contributed by atoms with Gasteiger partial charge >= 0.3 is 0 Å². The number of carbonyl (C=O) groups excluding carboxylic acids is 2. The molecule has 0 aliphatic heterocycles. The molecule has 7 nitrogen and oxygen atoms in total. The predicted octanol–water partition coefficient (Wildman–Crippen LogP) is 2.19. The standard InChI is InChI=1S/C29H33FN4O3/c1-31-12-11-25-28-22(16-35)13-23(30)14-26(28)34-29(25)21-7-3-19(4-8-21)17-37-18-20-5-9-24(10-6-20)33-27(36)15-32-2/h3-10,14,16,23,31-32,34H,11-13,15,17-18H2,1-2H3,(H,33,36). The fourth-order valence-corrected chi connectivity index (χ4v) is 4.56. The van der Waals surface area contributed by atoms with E-state index in [1.54, 1.807) is 13.1 Å². The second-order valence-corrected chi connectivity index (χ2v) is 9.12. The van der Waals surface area contributed by atoms with E-state index in [1.807, 2.05) is 55.6 Å². The van der Waals surface area contributed by atoms with Crippen LogP contribution < -0.4 is 26.5 Å². The van der Waals surface area contributed by atoms with Crippen LogP contribution in [0.1, 0.15) is 23.1 Å². The van der Waals surface area contributed by atoms with Gasteiger partial charge in [0.15, 0.2) is 0 Å². The first kappa shape index (κ1) is 26.5. The SMILES string of the molecule is CNCCc1c(-c2ccc(COCc3ccc(NC(=O)CNC)cc3)cc2)[nH]c2c1=C(C=O)CC(F)C=2. The molecule has 0 fully saturated rings. The van der Waals surface area contributed by atoms with Crippen molar-refractivity contribution in [3.8, 4) is 11.3 Å². The fourth-order valence-electron chi connectivity index (χ4n) is 4.56. The van der Waals surface area contributed by atoms with Gasteiger partial charge in [-0.25, -0.2) is 4.39 Å². The van der Waals surface area contributed by atoms with Crippen molar-refractivity contribution >= 4 is 29.5 Å². The molecular weight excluding hydrogens is 471 g/mol. The van der Waals surface area contributed by atoms with Crippen molar-refractivity contribution in [1.82, 2.24) is 15.6 Å². The number of hydrogen-bond donors (Lipinski definition) is 4. The monoisotopic (exact) mass is 504 g/mol. The number of anilines is 1. The van der Waals surface area contributed by atoms with Crippen LogP contribution in [-0.4, -0.2) is 50.5 Å². The molecule has 1 aliphatic carbocycles. The summed E-state index contributed by atoms with van der Waals surface area (Å²) in [5.41, 5.74) is 6.23. The van der Waals surface area contributed by atoms with E-state index in [1.165, 1.54) is 0 Å². The Kier molecular flexibility index (Phi) is 9.00. The normalized spacial score (nSPS) is 14.7. The molecular formula is C29H33FN4O3. The molecule has 8 heteroatoms. The Bertz CT molecular complexity index is 1350. The molecule has 0 radical (unpaired) electrons. The van der Waals surface area contributed by atoms with Gasteiger partial charge in [-0.15, -0.1) is 0 Å². The smallest absolute Gasteiger partial charge is 0.238 e. The Morgan fingerprint density at radius 1 is 1.05 bits per heavy atom. The molecule has 37 heavy (non-hydrogen) atoms. The summed E-state index contributed by atoms with van der Waals surface area (Å²) in [6, 6.07) is 15.7. The number of rotatable bonds is 12. The number of benzene rings is 2. The van der Waals surface area contributed by atoms with Gasteiger partial charge in [0.2, 0.25) is 5.91 Å². The second kappa shape index (κ2) is 12.6. The van der Waals surface area contributed by atoms with E-state index in [2.05, 4.69) is 20.9 Å². The summed E-state index contributed by atoms with van der Waals surface area (Å²) >= 11 is 0. The maximum atomic E-state index is 14.2. The summed E-state index contributed by atoms with van der Waals surface area (Å²) in [7, 11) is 3.62. The first-order valence-electron chi connectivity index (χ1n) is 12.4. The summed E-state index contributed by atoms with van der Waals surface area (Å²) in [6.45, 7) is 1.92. The van der Waals surface area contributed by atoms with E-state index in [0.29, 0.717) is 24.1 Å². The molecule has 0 bridgehead atoms. The lowest BCUT2D eigenvalue weighted by Gasteiger charge is -2.10. The quantitative estimate of drug-likeness (QED) is 0.284. The highest BCUT2D eigenvalue weighted by Crippen LogP contribution is 2.22. The predicted molar refractivity (Wildman–Crippen MR) is 144 cm³/mol. The minimum absolute atomic E-state index is 0.0873. The Balaban J connectivity index is 1.43. The minimum atomic E-state index is -1.16. The van der Waals surface area contributed by atoms with Gasteiger partial charge in [-0.1, -0.05) is 36.4 Å². The molecule has 4 rings (SSSR count). The van der Waals surface area contributed by atoms with E-state index in [4.69, 9.17) is 4.74 Å². The Morgan fingerprint density at radius 2 is 1.73 bits per heavy atom. The summed E-state index contributed by atoms with van der Waals surface area (Å²) in [5.74, 6) is -0.0873. The third kappa shape index (κ3) is 6.60. The average molecular weight is 505 g/mol. The first-order chi connectivity index (χ1) is 18.0. The maximum absolute atomic E-state index is 14.2. The maximum Gasteiger partial charge on any atom is 0.238 e. The van der Waals surface area contributed by atoms with E-state index in [-0.39, 0.29) is 18.9 Å². The Morgan fingerprint density at radius 3 is 2.35 bits per heavy atom. The molecule has 1 aromatic heterocycles. The number of aromatic amines is 1. The molecule has 3 aromatic rings. The third-order valence-electron chi connectivity index (χ3n) is 6.34. The molecule has 1 heterocycles. The highest BCUT2D eigenvalue weighted by Gasteiger charge is 2.20. The topological polar surface area (TPSA) is 95.2 Å². The van der Waals surface area contributed by atoms with Gasteiger partial charge in [-0.3, -0.25) is 9.59 Å². The van der Waals surface area contributed by atoms with E-state index >= 15 is 0 Å². The number of ether oxygens (including phenoxy) is 1. The number of carbonyl (C=O) groups is 2. The van der Waals surface area contributed by atoms with Crippen LogP contribution in [0.2, 0.25) is 0 Å². The number of nitrogens with one attached hydrogen (secondary N) is 4. The summed E-state index contributed by atoms with van der Waals surface area (Å²) < 4.78 is 20.1. The van der Waals surface area contributed by atoms with Crippen LogP contribution in [0.4, 0.5) is 10.1 Å². The van der Waals surface area contributed by atoms with Crippen LogP contribution in [0.3, 0.4) is 0 Å². The fraction of sp³-hybridized carbons (Fsp3) is 0.310. The number of hydrogen-bond acceptors (Lipinski definition) is 5. The van der Waals surface area contributed by atoms with Crippen molar-refractivity contribution in [2.45, 2.75) is 32.2 Å². The lowest BCUT2D eigenvalue weighted by atomic mass is 9.97. The average Bonchev–Trinajstić information content (AvgIpc) is 3.26. The van der Waals surface area contributed by atoms with Gasteiger partial charge in [0.1, 0.15) is 12.5 Å². The van der Waals surface area contributed by atoms with Gasteiger partial charge in [0.25, 0.3) is 0 Å². The third-order valence-corrected chi connectivity index (χ3v) is 6.34. The van der Waals surface area contributed by atoms with Crippen LogP contribution in [0, 0.1) is 0 Å². The number of halogens is 1. The van der Waals surface area contributed by atoms with Crippen LogP contribution in [0.15, 0.2) is 48.5 Å². The van der Waals surface area contributed by atoms with Crippen molar-refractivity contribution in [3.63, 3.8) is 0 Å². The van der Waals surface area contributed by atoms with Gasteiger partial charge < -0.3 is 25.7 Å². The summed E-state index contributed by atoms with van der Waals surface area (Å²) in [5, 5.41) is 10.3. The largest absolute Gasteiger partial charge is 0.372 e. The van der Waals surface area contributed by atoms with Crippen LogP contribution >= 0.6 is 0 Å². The molecule has 0 saturated carbocycles. The van der Waals surface area contributed by atoms with Crippen molar-refractivity contribution in [3.05, 3.63) is 75.8 Å². The van der Waals surface area contributed by atoms with Crippen LogP contribution in [0.5, 0.6) is 0 Å². The molecule has 1 aliphatic rings. The lowest BCUT2D eigenvalue weighted by Crippen LogP contribution is -2.34. The highest BCUT2D eigenvalue weighted by molar-refractivity contribution is 6.00. The molecule has 1 amide bonds. The molecule has 1 unspecified atom stereocenters. The molecule has 0 saturated heterocycles.